The second-order valence-corrected chi connectivity index (χ2v) is 9.36. The number of rotatable bonds is 3. The highest BCUT2D eigenvalue weighted by atomic mass is 35.5. The van der Waals surface area contributed by atoms with Crippen LogP contribution < -0.4 is 4.74 Å². The van der Waals surface area contributed by atoms with E-state index >= 15 is 0 Å². The first-order valence-corrected chi connectivity index (χ1v) is 12.1. The van der Waals surface area contributed by atoms with Gasteiger partial charge in [0, 0.05) is 49.8 Å². The van der Waals surface area contributed by atoms with E-state index in [4.69, 9.17) is 21.1 Å². The maximum atomic E-state index is 14.4. The lowest BCUT2D eigenvalue weighted by Crippen LogP contribution is -2.46. The molecule has 0 aliphatic carbocycles. The Balaban J connectivity index is 1.53. The largest absolute Gasteiger partial charge is 0.491 e. The molecule has 0 N–H and O–H groups in total. The van der Waals surface area contributed by atoms with E-state index in [2.05, 4.69) is 4.90 Å². The van der Waals surface area contributed by atoms with Crippen LogP contribution in [0.15, 0.2) is 42.5 Å². The van der Waals surface area contributed by atoms with Gasteiger partial charge in [0.1, 0.15) is 18.2 Å². The summed E-state index contributed by atoms with van der Waals surface area (Å²) in [6, 6.07) is 12.3. The number of methoxy groups -OCH3 is 1. The van der Waals surface area contributed by atoms with Gasteiger partial charge in [0.05, 0.1) is 11.7 Å². The van der Waals surface area contributed by atoms with E-state index in [-0.39, 0.29) is 17.8 Å². The number of carbonyl (C=O) groups is 1. The fraction of sp³-hybridized carbons (Fsp3) is 0.500. The molecule has 2 aliphatic heterocycles. The third-order valence-electron chi connectivity index (χ3n) is 6.75. The van der Waals surface area contributed by atoms with Crippen LogP contribution in [0.25, 0.3) is 0 Å². The normalized spacial score (nSPS) is 22.9. The van der Waals surface area contributed by atoms with Gasteiger partial charge in [-0.25, -0.2) is 4.39 Å². The molecule has 2 aromatic carbocycles. The van der Waals surface area contributed by atoms with Gasteiger partial charge in [0.2, 0.25) is 0 Å². The SMILES string of the molecule is CO[C@H]1CCN2C[C@H]1CCCCN(Cc1ccc(Cl)cc1F)CCOc1ccccc1C2=O. The molecule has 1 fully saturated rings. The first kappa shape index (κ1) is 24.0. The van der Waals surface area contributed by atoms with Crippen molar-refractivity contribution in [2.24, 2.45) is 5.92 Å². The number of amides is 1. The minimum absolute atomic E-state index is 0.0160. The molecule has 0 unspecified atom stereocenters. The second kappa shape index (κ2) is 11.3. The molecule has 0 spiro atoms. The number of nitrogens with zero attached hydrogens (tertiary/aromatic N) is 2. The molecule has 4 rings (SSSR count). The molecule has 178 valence electrons. The predicted octanol–water partition coefficient (Wildman–Crippen LogP) is 5.02. The Morgan fingerprint density at radius 3 is 2.79 bits per heavy atom. The Bertz CT molecular complexity index is 957. The number of fused-ring (bicyclic) bond motifs is 3. The highest BCUT2D eigenvalue weighted by Crippen LogP contribution is 2.28. The number of hydrogen-bond donors (Lipinski definition) is 0. The molecule has 2 aliphatic rings. The van der Waals surface area contributed by atoms with Crippen molar-refractivity contribution < 1.29 is 18.7 Å². The van der Waals surface area contributed by atoms with E-state index in [0.29, 0.717) is 60.6 Å². The molecule has 2 bridgehead atoms. The summed E-state index contributed by atoms with van der Waals surface area (Å²) in [5.41, 5.74) is 1.22. The topological polar surface area (TPSA) is 42.0 Å². The predicted molar refractivity (Wildman–Crippen MR) is 127 cm³/mol. The van der Waals surface area contributed by atoms with Crippen LogP contribution in [-0.4, -0.2) is 61.7 Å². The number of carbonyl (C=O) groups excluding carboxylic acids is 1. The zero-order chi connectivity index (χ0) is 23.2. The van der Waals surface area contributed by atoms with Gasteiger partial charge in [0.25, 0.3) is 5.91 Å². The summed E-state index contributed by atoms with van der Waals surface area (Å²) in [5.74, 6) is 0.639. The van der Waals surface area contributed by atoms with E-state index in [1.54, 1.807) is 19.2 Å². The van der Waals surface area contributed by atoms with Crippen LogP contribution in [0.4, 0.5) is 4.39 Å². The number of benzene rings is 2. The fourth-order valence-electron chi connectivity index (χ4n) is 4.91. The molecule has 5 nitrogen and oxygen atoms in total. The minimum atomic E-state index is -0.288. The Morgan fingerprint density at radius 2 is 1.97 bits per heavy atom. The summed E-state index contributed by atoms with van der Waals surface area (Å²) in [5, 5.41) is 0.399. The molecule has 7 heteroatoms. The fourth-order valence-corrected chi connectivity index (χ4v) is 5.07. The monoisotopic (exact) mass is 474 g/mol. The summed E-state index contributed by atoms with van der Waals surface area (Å²) < 4.78 is 26.2. The van der Waals surface area contributed by atoms with Gasteiger partial charge in [-0.05, 0) is 50.1 Å². The van der Waals surface area contributed by atoms with Crippen molar-refractivity contribution in [3.63, 3.8) is 0 Å². The van der Waals surface area contributed by atoms with Crippen LogP contribution in [0, 0.1) is 11.7 Å². The van der Waals surface area contributed by atoms with Gasteiger partial charge in [-0.2, -0.15) is 0 Å². The smallest absolute Gasteiger partial charge is 0.257 e. The van der Waals surface area contributed by atoms with Gasteiger partial charge in [0.15, 0.2) is 0 Å². The minimum Gasteiger partial charge on any atom is -0.491 e. The lowest BCUT2D eigenvalue weighted by Gasteiger charge is -2.38. The standard InChI is InChI=1S/C26H32ClFN2O3/c1-32-24-11-13-30-18-20(24)6-4-5-12-29(17-19-9-10-21(27)16-23(19)28)14-15-33-25-8-3-2-7-22(25)26(30)31/h2-3,7-10,16,20,24H,4-6,11-15,17-18H2,1H3/t20-,24+/m1/s1. The zero-order valence-electron chi connectivity index (χ0n) is 19.1. The summed E-state index contributed by atoms with van der Waals surface area (Å²) in [6.45, 7) is 3.80. The molecule has 0 saturated carbocycles. The number of piperidine rings is 1. The van der Waals surface area contributed by atoms with Crippen LogP contribution in [0.2, 0.25) is 5.02 Å². The van der Waals surface area contributed by atoms with Gasteiger partial charge in [-0.3, -0.25) is 9.69 Å². The van der Waals surface area contributed by atoms with Crippen molar-refractivity contribution in [1.29, 1.82) is 0 Å². The maximum Gasteiger partial charge on any atom is 0.257 e. The lowest BCUT2D eigenvalue weighted by atomic mass is 9.89. The Hall–Kier alpha value is -2.15. The number of para-hydroxylation sites is 1. The van der Waals surface area contributed by atoms with Gasteiger partial charge >= 0.3 is 0 Å². The molecular formula is C26H32ClFN2O3. The van der Waals surface area contributed by atoms with Gasteiger partial charge < -0.3 is 14.4 Å². The molecule has 2 atom stereocenters. The number of hydrogen-bond acceptors (Lipinski definition) is 4. The quantitative estimate of drug-likeness (QED) is 0.626. The Morgan fingerprint density at radius 1 is 1.12 bits per heavy atom. The molecular weight excluding hydrogens is 443 g/mol. The summed E-state index contributed by atoms with van der Waals surface area (Å²) in [7, 11) is 1.76. The molecule has 1 amide bonds. The van der Waals surface area contributed by atoms with Crippen molar-refractivity contribution in [2.45, 2.75) is 38.3 Å². The first-order valence-electron chi connectivity index (χ1n) is 11.8. The molecule has 2 heterocycles. The highest BCUT2D eigenvalue weighted by molar-refractivity contribution is 6.30. The van der Waals surface area contributed by atoms with E-state index < -0.39 is 0 Å². The molecule has 33 heavy (non-hydrogen) atoms. The van der Waals surface area contributed by atoms with Gasteiger partial charge in [-0.15, -0.1) is 0 Å². The van der Waals surface area contributed by atoms with E-state index in [1.807, 2.05) is 29.2 Å². The summed E-state index contributed by atoms with van der Waals surface area (Å²) in [4.78, 5) is 17.5. The molecule has 0 aromatic heterocycles. The van der Waals surface area contributed by atoms with Crippen LogP contribution in [0.3, 0.4) is 0 Å². The number of halogens is 2. The van der Waals surface area contributed by atoms with Crippen molar-refractivity contribution in [1.82, 2.24) is 9.80 Å². The van der Waals surface area contributed by atoms with Crippen molar-refractivity contribution in [2.75, 3.05) is 39.9 Å². The molecule has 2 aromatic rings. The third kappa shape index (κ3) is 6.05. The average molecular weight is 475 g/mol. The van der Waals surface area contributed by atoms with E-state index in [9.17, 15) is 9.18 Å². The van der Waals surface area contributed by atoms with Gasteiger partial charge in [-0.1, -0.05) is 36.2 Å². The van der Waals surface area contributed by atoms with Crippen LogP contribution in [-0.2, 0) is 11.3 Å². The average Bonchev–Trinajstić information content (AvgIpc) is 2.82. The van der Waals surface area contributed by atoms with Crippen LogP contribution in [0.1, 0.15) is 41.6 Å². The van der Waals surface area contributed by atoms with E-state index in [0.717, 1.165) is 32.2 Å². The zero-order valence-corrected chi connectivity index (χ0v) is 19.9. The van der Waals surface area contributed by atoms with E-state index in [1.165, 1.54) is 6.07 Å². The number of ether oxygens (including phenoxy) is 2. The summed E-state index contributed by atoms with van der Waals surface area (Å²) in [6.07, 6.45) is 4.05. The van der Waals surface area contributed by atoms with Crippen LogP contribution in [0.5, 0.6) is 5.75 Å². The van der Waals surface area contributed by atoms with Crippen LogP contribution >= 0.6 is 11.6 Å². The molecule has 1 saturated heterocycles. The maximum absolute atomic E-state index is 14.4. The molecule has 0 radical (unpaired) electrons. The Labute approximate surface area is 200 Å². The second-order valence-electron chi connectivity index (χ2n) is 8.93. The highest BCUT2D eigenvalue weighted by Gasteiger charge is 2.32. The summed E-state index contributed by atoms with van der Waals surface area (Å²) >= 11 is 5.92. The lowest BCUT2D eigenvalue weighted by molar-refractivity contribution is -0.00702. The van der Waals surface area contributed by atoms with Crippen molar-refractivity contribution >= 4 is 17.5 Å². The van der Waals surface area contributed by atoms with Crippen molar-refractivity contribution in [3.05, 3.63) is 64.4 Å². The third-order valence-corrected chi connectivity index (χ3v) is 6.98. The van der Waals surface area contributed by atoms with Crippen molar-refractivity contribution in [3.8, 4) is 5.75 Å². The first-order chi connectivity index (χ1) is 16.0. The Kier molecular flexibility index (Phi) is 8.23.